The van der Waals surface area contributed by atoms with Crippen molar-refractivity contribution in [2.24, 2.45) is 0 Å². The maximum atomic E-state index is 5.07. The number of ether oxygens (including phenoxy) is 1. The van der Waals surface area contributed by atoms with Gasteiger partial charge in [0.05, 0.1) is 12.9 Å². The van der Waals surface area contributed by atoms with Crippen molar-refractivity contribution in [3.8, 4) is 0 Å². The first-order valence-corrected chi connectivity index (χ1v) is 3.10. The predicted molar refractivity (Wildman–Crippen MR) is 38.0 cm³/mol. The molecule has 1 heteroatoms. The summed E-state index contributed by atoms with van der Waals surface area (Å²) < 4.78 is 5.07. The van der Waals surface area contributed by atoms with Crippen molar-refractivity contribution in [1.29, 1.82) is 0 Å². The van der Waals surface area contributed by atoms with Crippen LogP contribution in [0.5, 0.6) is 0 Å². The van der Waals surface area contributed by atoms with Crippen molar-refractivity contribution < 1.29 is 4.74 Å². The van der Waals surface area contributed by atoms with Gasteiger partial charge in [0.15, 0.2) is 0 Å². The van der Waals surface area contributed by atoms with Gasteiger partial charge in [-0.15, -0.1) is 0 Å². The van der Waals surface area contributed by atoms with Crippen molar-refractivity contribution >= 4 is 0 Å². The predicted octanol–water partition coefficient (Wildman–Crippen LogP) is 2.03. The summed E-state index contributed by atoms with van der Waals surface area (Å²) in [7, 11) is 0. The average molecular weight is 122 g/mol. The van der Waals surface area contributed by atoms with Crippen LogP contribution in [-0.2, 0) is 4.74 Å². The van der Waals surface area contributed by atoms with Gasteiger partial charge in [-0.05, 0) is 12.5 Å². The molecule has 1 heterocycles. The van der Waals surface area contributed by atoms with Gasteiger partial charge in [-0.3, -0.25) is 0 Å². The fourth-order valence-electron chi connectivity index (χ4n) is 0.608. The smallest absolute Gasteiger partial charge is 0.0907 e. The van der Waals surface area contributed by atoms with Crippen LogP contribution in [0.15, 0.2) is 36.6 Å². The Morgan fingerprint density at radius 2 is 1.89 bits per heavy atom. The van der Waals surface area contributed by atoms with E-state index in [0.29, 0.717) is 0 Å². The van der Waals surface area contributed by atoms with E-state index in [4.69, 9.17) is 4.74 Å². The van der Waals surface area contributed by atoms with Crippen LogP contribution >= 0.6 is 0 Å². The van der Waals surface area contributed by atoms with E-state index >= 15 is 0 Å². The van der Waals surface area contributed by atoms with E-state index in [1.54, 1.807) is 6.26 Å². The van der Waals surface area contributed by atoms with Crippen molar-refractivity contribution in [1.82, 2.24) is 0 Å². The first-order chi connectivity index (χ1) is 4.50. The third kappa shape index (κ3) is 2.75. The lowest BCUT2D eigenvalue weighted by molar-refractivity contribution is 0.256. The number of hydrogen-bond donors (Lipinski definition) is 0. The molecule has 9 heavy (non-hydrogen) atoms. The summed E-state index contributed by atoms with van der Waals surface area (Å²) in [5.41, 5.74) is 0. The maximum absolute atomic E-state index is 5.07. The largest absolute Gasteiger partial charge is 0.501 e. The van der Waals surface area contributed by atoms with Gasteiger partial charge in [-0.1, -0.05) is 24.3 Å². The first-order valence-electron chi connectivity index (χ1n) is 3.10. The fourth-order valence-corrected chi connectivity index (χ4v) is 0.608. The Balaban J connectivity index is 2.45. The van der Waals surface area contributed by atoms with Gasteiger partial charge >= 0.3 is 0 Å². The molecule has 0 N–H and O–H groups in total. The van der Waals surface area contributed by atoms with Gasteiger partial charge < -0.3 is 4.74 Å². The average Bonchev–Trinajstić information content (AvgIpc) is 2.00. The molecule has 0 unspecified atom stereocenters. The quantitative estimate of drug-likeness (QED) is 0.477. The summed E-state index contributed by atoms with van der Waals surface area (Å²) in [6, 6.07) is 0. The lowest BCUT2D eigenvalue weighted by atomic mass is 10.4. The molecule has 0 saturated carbocycles. The highest BCUT2D eigenvalue weighted by atomic mass is 16.5. The first kappa shape index (κ1) is 6.14. The highest BCUT2D eigenvalue weighted by molar-refractivity contribution is 5.10. The minimum atomic E-state index is 0.786. The van der Waals surface area contributed by atoms with E-state index in [0.717, 1.165) is 13.0 Å². The van der Waals surface area contributed by atoms with Crippen molar-refractivity contribution in [3.05, 3.63) is 36.6 Å². The van der Waals surface area contributed by atoms with E-state index < -0.39 is 0 Å². The Hall–Kier alpha value is -0.980. The second-order valence-electron chi connectivity index (χ2n) is 1.80. The standard InChI is InChI=1S/C8H10O/c1-2-4-6-8-9-7-5-3-1/h1-5,7H,6,8H2/b3-1+,4-2-,7-5+. The van der Waals surface area contributed by atoms with Crippen LogP contribution in [-0.4, -0.2) is 6.61 Å². The van der Waals surface area contributed by atoms with Crippen LogP contribution in [0.2, 0.25) is 0 Å². The van der Waals surface area contributed by atoms with Crippen LogP contribution in [0.25, 0.3) is 0 Å². The van der Waals surface area contributed by atoms with Gasteiger partial charge in [0.1, 0.15) is 0 Å². The highest BCUT2D eigenvalue weighted by Crippen LogP contribution is 1.91. The number of allylic oxidation sites excluding steroid dienone is 4. The molecule has 0 bridgehead atoms. The summed E-state index contributed by atoms with van der Waals surface area (Å²) in [6.45, 7) is 0.786. The van der Waals surface area contributed by atoms with Gasteiger partial charge in [-0.2, -0.15) is 0 Å². The second-order valence-corrected chi connectivity index (χ2v) is 1.80. The van der Waals surface area contributed by atoms with Crippen LogP contribution in [0.1, 0.15) is 6.42 Å². The molecule has 1 aliphatic heterocycles. The molecule has 0 spiro atoms. The summed E-state index contributed by atoms with van der Waals surface area (Å²) in [4.78, 5) is 0. The number of rotatable bonds is 0. The van der Waals surface area contributed by atoms with Gasteiger partial charge in [-0.25, -0.2) is 0 Å². The molecule has 0 atom stereocenters. The Labute approximate surface area is 55.3 Å². The van der Waals surface area contributed by atoms with Crippen LogP contribution < -0.4 is 0 Å². The van der Waals surface area contributed by atoms with Gasteiger partial charge in [0, 0.05) is 0 Å². The third-order valence-electron chi connectivity index (χ3n) is 1.05. The van der Waals surface area contributed by atoms with E-state index in [9.17, 15) is 0 Å². The molecule has 0 aliphatic carbocycles. The van der Waals surface area contributed by atoms with Crippen LogP contribution in [0.4, 0.5) is 0 Å². The van der Waals surface area contributed by atoms with Crippen molar-refractivity contribution in [2.45, 2.75) is 6.42 Å². The zero-order valence-corrected chi connectivity index (χ0v) is 5.29. The third-order valence-corrected chi connectivity index (χ3v) is 1.05. The molecular formula is C8H10O. The monoisotopic (exact) mass is 122 g/mol. The Morgan fingerprint density at radius 3 is 2.89 bits per heavy atom. The van der Waals surface area contributed by atoms with E-state index in [-0.39, 0.29) is 0 Å². The van der Waals surface area contributed by atoms with Crippen LogP contribution in [0.3, 0.4) is 0 Å². The van der Waals surface area contributed by atoms with Crippen molar-refractivity contribution in [2.75, 3.05) is 6.61 Å². The Bertz CT molecular complexity index is 127. The number of hydrogen-bond acceptors (Lipinski definition) is 1. The zero-order valence-electron chi connectivity index (χ0n) is 5.29. The maximum Gasteiger partial charge on any atom is 0.0907 e. The van der Waals surface area contributed by atoms with Gasteiger partial charge in [0.25, 0.3) is 0 Å². The Morgan fingerprint density at radius 1 is 1.00 bits per heavy atom. The van der Waals surface area contributed by atoms with E-state index in [1.807, 2.05) is 24.3 Å². The minimum Gasteiger partial charge on any atom is -0.501 e. The Kier molecular flexibility index (Phi) is 2.70. The molecule has 0 saturated heterocycles. The van der Waals surface area contributed by atoms with E-state index in [2.05, 4.69) is 6.08 Å². The topological polar surface area (TPSA) is 9.23 Å². The van der Waals surface area contributed by atoms with Crippen LogP contribution in [0, 0.1) is 0 Å². The molecule has 0 aromatic heterocycles. The second kappa shape index (κ2) is 3.96. The molecule has 0 aromatic rings. The molecule has 0 amide bonds. The minimum absolute atomic E-state index is 0.786. The molecule has 1 nitrogen and oxygen atoms in total. The fraction of sp³-hybridized carbons (Fsp3) is 0.250. The van der Waals surface area contributed by atoms with Crippen molar-refractivity contribution in [3.63, 3.8) is 0 Å². The lowest BCUT2D eigenvalue weighted by Gasteiger charge is -1.92. The SMILES string of the molecule is C1=C\CCO/C=C/C=C/1. The molecule has 48 valence electrons. The molecular weight excluding hydrogens is 112 g/mol. The summed E-state index contributed by atoms with van der Waals surface area (Å²) in [5, 5.41) is 0. The van der Waals surface area contributed by atoms with E-state index in [1.165, 1.54) is 0 Å². The summed E-state index contributed by atoms with van der Waals surface area (Å²) in [6.07, 6.45) is 12.6. The molecule has 1 aliphatic rings. The molecule has 1 rings (SSSR count). The zero-order chi connectivity index (χ0) is 6.36. The molecule has 0 fully saturated rings. The molecule has 0 radical (unpaired) electrons. The summed E-state index contributed by atoms with van der Waals surface area (Å²) in [5.74, 6) is 0. The van der Waals surface area contributed by atoms with Gasteiger partial charge in [0.2, 0.25) is 0 Å². The lowest BCUT2D eigenvalue weighted by Crippen LogP contribution is -1.81. The highest BCUT2D eigenvalue weighted by Gasteiger charge is 1.78. The normalized spacial score (nSPS) is 28.4. The summed E-state index contributed by atoms with van der Waals surface area (Å²) >= 11 is 0. The molecule has 0 aromatic carbocycles.